The Morgan fingerprint density at radius 1 is 1.10 bits per heavy atom. The summed E-state index contributed by atoms with van der Waals surface area (Å²) in [4.78, 5) is 33.1. The highest BCUT2D eigenvalue weighted by atomic mass is 35.5. The molecule has 0 aliphatic heterocycles. The zero-order valence-electron chi connectivity index (χ0n) is 23.2. The predicted molar refractivity (Wildman–Crippen MR) is 163 cm³/mol. The summed E-state index contributed by atoms with van der Waals surface area (Å²) in [6.07, 6.45) is 6.26. The molecule has 2 aromatic heterocycles. The van der Waals surface area contributed by atoms with E-state index in [2.05, 4.69) is 15.2 Å². The van der Waals surface area contributed by atoms with Crippen molar-refractivity contribution in [3.8, 4) is 28.3 Å². The maximum Gasteiger partial charge on any atom is 0.503 e. The van der Waals surface area contributed by atoms with Crippen LogP contribution in [0.15, 0.2) is 48.7 Å². The molecule has 5 N–H and O–H groups in total. The van der Waals surface area contributed by atoms with E-state index in [1.165, 1.54) is 6.42 Å². The molecule has 0 unspecified atom stereocenters. The highest BCUT2D eigenvalue weighted by Gasteiger charge is 2.21. The average Bonchev–Trinajstić information content (AvgIpc) is 2.92. The van der Waals surface area contributed by atoms with E-state index in [-0.39, 0.29) is 24.4 Å². The standard InChI is InChI=1S/C28H34ClN5O2.CH2O3.ClH/c1-34(2)16-7-17-36-25-18-19(11-13-22(25)29)26-21(27-23(30)10-6-15-31-27)12-14-24(33-26)28(35)32-20-8-4-3-5-9-20;2-1(3)4;/h6,10-15,18,20H,3-5,7-9,16-17,30H2,1-2H3,(H,32,35);(H2,2,3,4);1H. The first-order valence-corrected chi connectivity index (χ1v) is 13.6. The number of amides is 1. The summed E-state index contributed by atoms with van der Waals surface area (Å²) in [6.45, 7) is 1.46. The maximum absolute atomic E-state index is 13.1. The lowest BCUT2D eigenvalue weighted by molar-refractivity contribution is 0.0922. The molecule has 0 bridgehead atoms. The summed E-state index contributed by atoms with van der Waals surface area (Å²) in [6, 6.07) is 12.9. The van der Waals surface area contributed by atoms with Crippen molar-refractivity contribution < 1.29 is 24.5 Å². The fourth-order valence-electron chi connectivity index (χ4n) is 4.47. The van der Waals surface area contributed by atoms with Crippen LogP contribution in [-0.2, 0) is 0 Å². The molecule has 0 atom stereocenters. The minimum absolute atomic E-state index is 0. The van der Waals surface area contributed by atoms with Crippen LogP contribution in [0.2, 0.25) is 5.02 Å². The van der Waals surface area contributed by atoms with Crippen LogP contribution < -0.4 is 15.8 Å². The molecule has 1 aliphatic carbocycles. The van der Waals surface area contributed by atoms with Crippen molar-refractivity contribution in [2.75, 3.05) is 33.0 Å². The molecular weight excluding hydrogens is 569 g/mol. The number of ether oxygens (including phenoxy) is 1. The molecule has 41 heavy (non-hydrogen) atoms. The second-order valence-electron chi connectivity index (χ2n) is 9.78. The molecule has 12 heteroatoms. The second kappa shape index (κ2) is 16.6. The maximum atomic E-state index is 13.1. The molecule has 0 saturated heterocycles. The Labute approximate surface area is 251 Å². The fraction of sp³-hybridized carbons (Fsp3) is 0.379. The van der Waals surface area contributed by atoms with Gasteiger partial charge in [-0.3, -0.25) is 9.78 Å². The number of carboxylic acid groups (broad SMARTS) is 2. The summed E-state index contributed by atoms with van der Waals surface area (Å²) in [5.74, 6) is 0.407. The third kappa shape index (κ3) is 10.4. The van der Waals surface area contributed by atoms with Crippen LogP contribution in [-0.4, -0.2) is 70.4 Å². The molecule has 1 aromatic carbocycles. The monoisotopic (exact) mass is 605 g/mol. The number of rotatable bonds is 9. The minimum Gasteiger partial charge on any atom is -0.492 e. The third-order valence-electron chi connectivity index (χ3n) is 6.37. The van der Waals surface area contributed by atoms with Crippen molar-refractivity contribution in [1.29, 1.82) is 0 Å². The molecule has 0 radical (unpaired) electrons. The van der Waals surface area contributed by atoms with Gasteiger partial charge in [-0.2, -0.15) is 0 Å². The number of nitrogens with zero attached hydrogens (tertiary/aromatic N) is 3. The van der Waals surface area contributed by atoms with E-state index < -0.39 is 6.16 Å². The molecule has 1 fully saturated rings. The van der Waals surface area contributed by atoms with Gasteiger partial charge in [0.2, 0.25) is 0 Å². The lowest BCUT2D eigenvalue weighted by Crippen LogP contribution is -2.36. The van der Waals surface area contributed by atoms with Crippen molar-refractivity contribution in [2.45, 2.75) is 44.6 Å². The minimum atomic E-state index is -1.83. The number of pyridine rings is 2. The lowest BCUT2D eigenvalue weighted by Gasteiger charge is -2.22. The van der Waals surface area contributed by atoms with Crippen molar-refractivity contribution in [3.05, 3.63) is 59.4 Å². The summed E-state index contributed by atoms with van der Waals surface area (Å²) < 4.78 is 5.99. The van der Waals surface area contributed by atoms with Gasteiger partial charge >= 0.3 is 6.16 Å². The van der Waals surface area contributed by atoms with Gasteiger partial charge < -0.3 is 30.9 Å². The van der Waals surface area contributed by atoms with E-state index >= 15 is 0 Å². The Hall–Kier alpha value is -3.60. The van der Waals surface area contributed by atoms with E-state index in [1.807, 2.05) is 32.3 Å². The Morgan fingerprint density at radius 3 is 2.46 bits per heavy atom. The zero-order chi connectivity index (χ0) is 29.1. The summed E-state index contributed by atoms with van der Waals surface area (Å²) in [5, 5.41) is 17.6. The quantitative estimate of drug-likeness (QED) is 0.212. The molecule has 222 valence electrons. The first-order chi connectivity index (χ1) is 19.2. The number of halogens is 2. The van der Waals surface area contributed by atoms with E-state index in [0.717, 1.165) is 49.8 Å². The summed E-state index contributed by atoms with van der Waals surface area (Å²) in [5.41, 5.74) is 9.88. The molecule has 2 heterocycles. The number of carbonyl (C=O) groups excluding carboxylic acids is 1. The van der Waals surface area contributed by atoms with Gasteiger partial charge in [0.1, 0.15) is 11.4 Å². The fourth-order valence-corrected chi connectivity index (χ4v) is 4.64. The number of carbonyl (C=O) groups is 2. The SMILES string of the molecule is CN(C)CCCOc1cc(-c2nc(C(=O)NC3CCCCC3)ccc2-c2ncccc2N)ccc1Cl.Cl.O=C(O)O. The van der Waals surface area contributed by atoms with Gasteiger partial charge in [-0.05, 0) is 69.8 Å². The predicted octanol–water partition coefficient (Wildman–Crippen LogP) is 6.08. The molecule has 4 rings (SSSR count). The van der Waals surface area contributed by atoms with Crippen LogP contribution in [0.4, 0.5) is 10.5 Å². The number of benzene rings is 1. The van der Waals surface area contributed by atoms with Gasteiger partial charge in [0.25, 0.3) is 5.91 Å². The Kier molecular flexibility index (Phi) is 13.6. The summed E-state index contributed by atoms with van der Waals surface area (Å²) >= 11 is 6.45. The van der Waals surface area contributed by atoms with Crippen molar-refractivity contribution in [1.82, 2.24) is 20.2 Å². The van der Waals surface area contributed by atoms with Gasteiger partial charge in [-0.15, -0.1) is 12.4 Å². The number of nitrogens with two attached hydrogens (primary N) is 1. The first-order valence-electron chi connectivity index (χ1n) is 13.2. The molecule has 1 saturated carbocycles. The number of hydrogen-bond acceptors (Lipinski definition) is 7. The number of anilines is 1. The first kappa shape index (κ1) is 33.6. The number of nitrogens with one attached hydrogen (secondary N) is 1. The van der Waals surface area contributed by atoms with E-state index in [9.17, 15) is 4.79 Å². The third-order valence-corrected chi connectivity index (χ3v) is 6.69. The molecular formula is C29H37Cl2N5O5. The van der Waals surface area contributed by atoms with Crippen LogP contribution in [0.1, 0.15) is 49.0 Å². The number of aromatic nitrogens is 2. The van der Waals surface area contributed by atoms with Crippen molar-refractivity contribution in [3.63, 3.8) is 0 Å². The largest absolute Gasteiger partial charge is 0.503 e. The van der Waals surface area contributed by atoms with Gasteiger partial charge in [0.05, 0.1) is 28.7 Å². The Bertz CT molecular complexity index is 1300. The van der Waals surface area contributed by atoms with Gasteiger partial charge in [0, 0.05) is 29.9 Å². The number of nitrogen functional groups attached to an aromatic ring is 1. The van der Waals surface area contributed by atoms with E-state index in [0.29, 0.717) is 40.1 Å². The molecule has 1 aliphatic rings. The van der Waals surface area contributed by atoms with E-state index in [4.69, 9.17) is 42.1 Å². The second-order valence-corrected chi connectivity index (χ2v) is 10.2. The van der Waals surface area contributed by atoms with Crippen LogP contribution in [0.5, 0.6) is 5.75 Å². The zero-order valence-corrected chi connectivity index (χ0v) is 24.7. The molecule has 10 nitrogen and oxygen atoms in total. The van der Waals surface area contributed by atoms with Crippen LogP contribution in [0.25, 0.3) is 22.5 Å². The van der Waals surface area contributed by atoms with Crippen LogP contribution in [0.3, 0.4) is 0 Å². The van der Waals surface area contributed by atoms with Crippen LogP contribution in [0, 0.1) is 0 Å². The Balaban J connectivity index is 0.00000110. The molecule has 3 aromatic rings. The Morgan fingerprint density at radius 2 is 1.80 bits per heavy atom. The smallest absolute Gasteiger partial charge is 0.492 e. The topological polar surface area (TPSA) is 151 Å². The van der Waals surface area contributed by atoms with Crippen LogP contribution >= 0.6 is 24.0 Å². The van der Waals surface area contributed by atoms with Gasteiger partial charge in [0.15, 0.2) is 0 Å². The van der Waals surface area contributed by atoms with Crippen molar-refractivity contribution >= 4 is 41.8 Å². The highest BCUT2D eigenvalue weighted by molar-refractivity contribution is 6.32. The average molecular weight is 607 g/mol. The summed E-state index contributed by atoms with van der Waals surface area (Å²) in [7, 11) is 4.06. The molecule has 1 amide bonds. The van der Waals surface area contributed by atoms with E-state index in [1.54, 1.807) is 30.5 Å². The number of hydrogen-bond donors (Lipinski definition) is 4. The van der Waals surface area contributed by atoms with Gasteiger partial charge in [-0.1, -0.05) is 36.9 Å². The highest BCUT2D eigenvalue weighted by Crippen LogP contribution is 2.36. The molecule has 0 spiro atoms. The normalized spacial score (nSPS) is 13.0. The van der Waals surface area contributed by atoms with Gasteiger partial charge in [-0.25, -0.2) is 9.78 Å². The lowest BCUT2D eigenvalue weighted by atomic mass is 9.95. The van der Waals surface area contributed by atoms with Crippen molar-refractivity contribution in [2.24, 2.45) is 0 Å².